The lowest BCUT2D eigenvalue weighted by atomic mass is 10.4. The van der Waals surface area contributed by atoms with E-state index < -0.39 is 8.32 Å². The van der Waals surface area contributed by atoms with Crippen LogP contribution in [0.25, 0.3) is 0 Å². The highest BCUT2D eigenvalue weighted by Gasteiger charge is 2.24. The molecule has 1 saturated heterocycles. The average molecular weight is 416 g/mol. The molecule has 0 aromatic carbocycles. The lowest BCUT2D eigenvalue weighted by Gasteiger charge is -2.27. The molecule has 0 atom stereocenters. The maximum atomic E-state index is 5.60. The van der Waals surface area contributed by atoms with Gasteiger partial charge in [0.15, 0.2) is 8.32 Å². The predicted molar refractivity (Wildman–Crippen MR) is 79.0 cm³/mol. The molecule has 0 aromatic rings. The Bertz CT molecular complexity index is 81.1. The van der Waals surface area contributed by atoms with E-state index in [9.17, 15) is 0 Å². The molecule has 0 bridgehead atoms. The molecule has 1 aliphatic rings. The first-order chi connectivity index (χ1) is 4.71. The summed E-state index contributed by atoms with van der Waals surface area (Å²) in [6, 6.07) is 1.37. The highest BCUT2D eigenvalue weighted by molar-refractivity contribution is 15.0. The van der Waals surface area contributed by atoms with Gasteiger partial charge in [-0.25, -0.2) is 0 Å². The van der Waals surface area contributed by atoms with Crippen LogP contribution in [0.5, 0.6) is 0 Å². The maximum absolute atomic E-state index is 5.60. The van der Waals surface area contributed by atoms with Crippen LogP contribution < -0.4 is 0 Å². The molecule has 1 aliphatic heterocycles. The van der Waals surface area contributed by atoms with E-state index in [1.54, 1.807) is 0 Å². The number of hydrogen-bond donors (Lipinski definition) is 0. The van der Waals surface area contributed by atoms with Crippen molar-refractivity contribution in [2.24, 2.45) is 0 Å². The molecule has 1 nitrogen and oxygen atoms in total. The van der Waals surface area contributed by atoms with Gasteiger partial charge in [-0.3, -0.25) is 0 Å². The predicted octanol–water partition coefficient (Wildman–Crippen LogP) is 5.05. The van der Waals surface area contributed by atoms with E-state index >= 15 is 0 Å². The zero-order chi connectivity index (χ0) is 8.04. The molecular formula is C8H22I2OSi. The number of halogens is 2. The van der Waals surface area contributed by atoms with Gasteiger partial charge in [0.2, 0.25) is 0 Å². The molecule has 12 heavy (non-hydrogen) atoms. The van der Waals surface area contributed by atoms with Gasteiger partial charge in [0.25, 0.3) is 0 Å². The summed E-state index contributed by atoms with van der Waals surface area (Å²) in [5, 5.41) is 0. The fraction of sp³-hybridized carbons (Fsp3) is 1.00. The van der Waals surface area contributed by atoms with E-state index in [0.29, 0.717) is 0 Å². The number of rotatable bonds is 0. The van der Waals surface area contributed by atoms with Crippen molar-refractivity contribution in [2.45, 2.75) is 46.8 Å². The monoisotopic (exact) mass is 416 g/mol. The molecule has 78 valence electrons. The number of hydrogen-bond acceptors (Lipinski definition) is 1. The quantitative estimate of drug-likeness (QED) is 0.397. The molecular weight excluding hydrogens is 394 g/mol. The van der Waals surface area contributed by atoms with E-state index in [1.807, 2.05) is 0 Å². The molecule has 1 heterocycles. The molecule has 0 spiro atoms. The van der Waals surface area contributed by atoms with Crippen LogP contribution >= 0.6 is 37.2 Å². The first-order valence-corrected chi connectivity index (χ1v) is 12.9. The van der Waals surface area contributed by atoms with Gasteiger partial charge in [0.05, 0.1) is 0 Å². The fourth-order valence-electron chi connectivity index (χ4n) is 1.07. The van der Waals surface area contributed by atoms with Crippen LogP contribution in [0, 0.1) is 0 Å². The van der Waals surface area contributed by atoms with E-state index in [1.165, 1.54) is 18.9 Å². The van der Waals surface area contributed by atoms with Crippen molar-refractivity contribution >= 4 is 45.5 Å². The normalized spacial score (nSPS) is 19.0. The van der Waals surface area contributed by atoms with Gasteiger partial charge < -0.3 is 4.43 Å². The van der Waals surface area contributed by atoms with Crippen LogP contribution in [0.1, 0.15) is 27.7 Å². The van der Waals surface area contributed by atoms with Gasteiger partial charge in [0.1, 0.15) is 0 Å². The highest BCUT2D eigenvalue weighted by atomic mass is 128. The van der Waals surface area contributed by atoms with E-state index in [0.717, 1.165) is 6.61 Å². The van der Waals surface area contributed by atoms with Gasteiger partial charge in [-0.2, -0.15) is 0 Å². The summed E-state index contributed by atoms with van der Waals surface area (Å²) in [7, 11) is -1.09. The Kier molecular flexibility index (Phi) is 17.2. The lowest BCUT2D eigenvalue weighted by Crippen LogP contribution is -2.33. The SMILES string of the molecule is C.C.C[Si]1(C)CCCCO1.II. The van der Waals surface area contributed by atoms with Crippen molar-refractivity contribution in [1.82, 2.24) is 0 Å². The minimum Gasteiger partial charge on any atom is -0.417 e. The Hall–Kier alpha value is 1.64. The van der Waals surface area contributed by atoms with E-state index in [-0.39, 0.29) is 14.9 Å². The molecule has 0 N–H and O–H groups in total. The molecule has 0 amide bonds. The second-order valence-corrected chi connectivity index (χ2v) is 7.37. The summed E-state index contributed by atoms with van der Waals surface area (Å²) < 4.78 is 5.60. The minimum atomic E-state index is -1.09. The van der Waals surface area contributed by atoms with Crippen LogP contribution in [0.4, 0.5) is 0 Å². The van der Waals surface area contributed by atoms with Crippen molar-refractivity contribution in [3.8, 4) is 0 Å². The third kappa shape index (κ3) is 9.72. The summed E-state index contributed by atoms with van der Waals surface area (Å²) in [5.74, 6) is 0. The van der Waals surface area contributed by atoms with Crippen molar-refractivity contribution in [3.63, 3.8) is 0 Å². The zero-order valence-electron chi connectivity index (χ0n) is 6.49. The molecule has 1 fully saturated rings. The Morgan fingerprint density at radius 1 is 1.08 bits per heavy atom. The molecule has 0 saturated carbocycles. The molecule has 0 radical (unpaired) electrons. The second kappa shape index (κ2) is 10.7. The van der Waals surface area contributed by atoms with Crippen LogP contribution in [0.15, 0.2) is 0 Å². The van der Waals surface area contributed by atoms with Gasteiger partial charge >= 0.3 is 0 Å². The van der Waals surface area contributed by atoms with Crippen molar-refractivity contribution in [2.75, 3.05) is 6.61 Å². The molecule has 1 rings (SSSR count). The smallest absolute Gasteiger partial charge is 0.186 e. The molecule has 0 aromatic heterocycles. The van der Waals surface area contributed by atoms with E-state index in [2.05, 4.69) is 50.3 Å². The standard InChI is InChI=1S/C6H14OSi.2CH4.I2/c1-8(2)6-4-3-5-7-8;;;1-2/h3-6H2,1-2H3;2*1H4;. The highest BCUT2D eigenvalue weighted by Crippen LogP contribution is 2.20. The molecule has 0 aliphatic carbocycles. The lowest BCUT2D eigenvalue weighted by molar-refractivity contribution is 0.275. The second-order valence-electron chi connectivity index (χ2n) is 3.07. The van der Waals surface area contributed by atoms with Gasteiger partial charge in [-0.05, 0) is 25.6 Å². The summed E-state index contributed by atoms with van der Waals surface area (Å²) >= 11 is 4.24. The fourth-order valence-corrected chi connectivity index (χ4v) is 3.02. The molecule has 4 heteroatoms. The largest absolute Gasteiger partial charge is 0.417 e. The Morgan fingerprint density at radius 3 is 1.75 bits per heavy atom. The Morgan fingerprint density at radius 2 is 1.58 bits per heavy atom. The first-order valence-electron chi connectivity index (χ1n) is 3.49. The van der Waals surface area contributed by atoms with Crippen LogP contribution in [0.3, 0.4) is 0 Å². The van der Waals surface area contributed by atoms with Gasteiger partial charge in [-0.1, -0.05) is 21.3 Å². The summed E-state index contributed by atoms with van der Waals surface area (Å²) in [4.78, 5) is 0. The summed E-state index contributed by atoms with van der Waals surface area (Å²) in [5.41, 5.74) is 0. The van der Waals surface area contributed by atoms with Gasteiger partial charge in [0, 0.05) is 43.8 Å². The van der Waals surface area contributed by atoms with Crippen LogP contribution in [-0.2, 0) is 4.43 Å². The van der Waals surface area contributed by atoms with Crippen molar-refractivity contribution in [3.05, 3.63) is 0 Å². The topological polar surface area (TPSA) is 9.23 Å². The van der Waals surface area contributed by atoms with Crippen molar-refractivity contribution in [1.29, 1.82) is 0 Å². The molecule has 0 unspecified atom stereocenters. The summed E-state index contributed by atoms with van der Waals surface area (Å²) in [6.45, 7) is 5.62. The third-order valence-electron chi connectivity index (χ3n) is 1.67. The third-order valence-corrected chi connectivity index (χ3v) is 4.21. The minimum absolute atomic E-state index is 0. The van der Waals surface area contributed by atoms with Crippen LogP contribution in [-0.4, -0.2) is 14.9 Å². The van der Waals surface area contributed by atoms with Gasteiger partial charge in [-0.15, -0.1) is 0 Å². The maximum Gasteiger partial charge on any atom is 0.186 e. The van der Waals surface area contributed by atoms with Crippen molar-refractivity contribution < 1.29 is 4.43 Å². The summed E-state index contributed by atoms with van der Waals surface area (Å²) in [6.07, 6.45) is 2.69. The van der Waals surface area contributed by atoms with Crippen LogP contribution in [0.2, 0.25) is 19.1 Å². The van der Waals surface area contributed by atoms with E-state index in [4.69, 9.17) is 4.43 Å². The first kappa shape index (κ1) is 19.2. The Balaban J connectivity index is -0.000000189. The Labute approximate surface area is 102 Å². The zero-order valence-corrected chi connectivity index (χ0v) is 11.8. The average Bonchev–Trinajstić information content (AvgIpc) is 1.92.